The number of nitrogens with zero attached hydrogens (tertiary/aromatic N) is 1. The number of carbonyl (C=O) groups is 2. The van der Waals surface area contributed by atoms with Crippen LogP contribution in [0.15, 0.2) is 29.2 Å². The molecule has 2 saturated heterocycles. The van der Waals surface area contributed by atoms with E-state index in [0.717, 1.165) is 12.8 Å². The highest BCUT2D eigenvalue weighted by Crippen LogP contribution is 2.25. The molecule has 2 heterocycles. The van der Waals surface area contributed by atoms with Crippen LogP contribution in [0.4, 0.5) is 0 Å². The van der Waals surface area contributed by atoms with Crippen molar-refractivity contribution in [3.05, 3.63) is 29.3 Å². The van der Waals surface area contributed by atoms with E-state index in [9.17, 15) is 18.0 Å². The first-order valence-corrected chi connectivity index (χ1v) is 10.5. The molecule has 0 spiro atoms. The van der Waals surface area contributed by atoms with Gasteiger partial charge in [-0.25, -0.2) is 8.42 Å². The van der Waals surface area contributed by atoms with E-state index in [1.165, 1.54) is 28.6 Å². The van der Waals surface area contributed by atoms with Crippen LogP contribution < -0.4 is 10.6 Å². The van der Waals surface area contributed by atoms with Gasteiger partial charge in [-0.05, 0) is 49.9 Å². The minimum absolute atomic E-state index is 0.0782. The minimum atomic E-state index is -3.91. The molecule has 2 atom stereocenters. The van der Waals surface area contributed by atoms with Gasteiger partial charge < -0.3 is 10.6 Å². The van der Waals surface area contributed by atoms with Crippen LogP contribution in [0, 0.1) is 0 Å². The zero-order chi connectivity index (χ0) is 18.7. The highest BCUT2D eigenvalue weighted by molar-refractivity contribution is 7.89. The first kappa shape index (κ1) is 19.1. The Bertz CT molecular complexity index is 782. The smallest absolute Gasteiger partial charge is 0.243 e. The van der Waals surface area contributed by atoms with Crippen molar-refractivity contribution in [1.29, 1.82) is 0 Å². The lowest BCUT2D eigenvalue weighted by Gasteiger charge is -2.31. The van der Waals surface area contributed by atoms with Gasteiger partial charge in [0.2, 0.25) is 21.8 Å². The van der Waals surface area contributed by atoms with Crippen LogP contribution in [-0.4, -0.2) is 49.7 Å². The predicted molar refractivity (Wildman–Crippen MR) is 97.2 cm³/mol. The largest absolute Gasteiger partial charge is 0.355 e. The SMILES string of the molecule is O=C1CC[C@@H](CN([C@@H]2CCCCNC2=O)S(=O)(=O)c2ccc(Cl)cc2)N1. The van der Waals surface area contributed by atoms with Gasteiger partial charge in [0.05, 0.1) is 4.90 Å². The summed E-state index contributed by atoms with van der Waals surface area (Å²) in [5.74, 6) is -0.381. The van der Waals surface area contributed by atoms with Crippen LogP contribution in [0.3, 0.4) is 0 Å². The Balaban J connectivity index is 1.94. The number of hydrogen-bond donors (Lipinski definition) is 2. The van der Waals surface area contributed by atoms with E-state index in [-0.39, 0.29) is 29.3 Å². The first-order chi connectivity index (χ1) is 12.4. The molecule has 1 aromatic rings. The fourth-order valence-corrected chi connectivity index (χ4v) is 5.15. The van der Waals surface area contributed by atoms with E-state index in [1.54, 1.807) is 0 Å². The summed E-state index contributed by atoms with van der Waals surface area (Å²) in [6.45, 7) is 0.624. The highest BCUT2D eigenvalue weighted by atomic mass is 35.5. The number of nitrogens with one attached hydrogen (secondary N) is 2. The van der Waals surface area contributed by atoms with Gasteiger partial charge in [0.1, 0.15) is 6.04 Å². The van der Waals surface area contributed by atoms with Crippen molar-refractivity contribution in [3.8, 4) is 0 Å². The van der Waals surface area contributed by atoms with Crippen LogP contribution >= 0.6 is 11.6 Å². The van der Waals surface area contributed by atoms with Crippen LogP contribution in [0.5, 0.6) is 0 Å². The molecular weight excluding hydrogens is 378 g/mol. The fourth-order valence-electron chi connectivity index (χ4n) is 3.36. The number of halogens is 1. The quantitative estimate of drug-likeness (QED) is 0.779. The summed E-state index contributed by atoms with van der Waals surface area (Å²) in [5.41, 5.74) is 0. The molecule has 0 aliphatic carbocycles. The summed E-state index contributed by atoms with van der Waals surface area (Å²) in [7, 11) is -3.91. The van der Waals surface area contributed by atoms with Crippen molar-refractivity contribution in [2.24, 2.45) is 0 Å². The third-order valence-electron chi connectivity index (χ3n) is 4.76. The Hall–Kier alpha value is -1.64. The zero-order valence-corrected chi connectivity index (χ0v) is 15.9. The molecule has 9 heteroatoms. The topological polar surface area (TPSA) is 95.6 Å². The van der Waals surface area contributed by atoms with Crippen molar-refractivity contribution in [2.45, 2.75) is 49.1 Å². The van der Waals surface area contributed by atoms with E-state index < -0.39 is 16.1 Å². The molecule has 0 aromatic heterocycles. The van der Waals surface area contributed by atoms with Gasteiger partial charge in [0.15, 0.2) is 0 Å². The standard InChI is InChI=1S/C17H22ClN3O4S/c18-12-4-7-14(8-5-12)26(24,25)21(11-13-6-9-16(22)20-13)15-3-1-2-10-19-17(15)23/h4-5,7-8,13,15H,1-3,6,9-11H2,(H,19,23)(H,20,22)/t13-,15+/m0/s1. The van der Waals surface area contributed by atoms with Gasteiger partial charge in [-0.2, -0.15) is 4.31 Å². The van der Waals surface area contributed by atoms with Crippen LogP contribution in [0.25, 0.3) is 0 Å². The Labute approximate surface area is 158 Å². The minimum Gasteiger partial charge on any atom is -0.355 e. The predicted octanol–water partition coefficient (Wildman–Crippen LogP) is 1.28. The molecule has 2 fully saturated rings. The van der Waals surface area contributed by atoms with Crippen molar-refractivity contribution < 1.29 is 18.0 Å². The van der Waals surface area contributed by atoms with Gasteiger partial charge in [-0.3, -0.25) is 9.59 Å². The lowest BCUT2D eigenvalue weighted by atomic mass is 10.1. The molecule has 0 radical (unpaired) electrons. The molecule has 2 aliphatic rings. The molecule has 3 rings (SSSR count). The van der Waals surface area contributed by atoms with Gasteiger partial charge in [0, 0.05) is 30.6 Å². The van der Waals surface area contributed by atoms with Crippen molar-refractivity contribution >= 4 is 33.4 Å². The van der Waals surface area contributed by atoms with Crippen LogP contribution in [-0.2, 0) is 19.6 Å². The number of benzene rings is 1. The number of rotatable bonds is 5. The van der Waals surface area contributed by atoms with Crippen molar-refractivity contribution in [2.75, 3.05) is 13.1 Å². The average Bonchev–Trinajstić information content (AvgIpc) is 2.89. The average molecular weight is 400 g/mol. The summed E-state index contributed by atoms with van der Waals surface area (Å²) in [6, 6.07) is 4.82. The van der Waals surface area contributed by atoms with Crippen LogP contribution in [0.1, 0.15) is 32.1 Å². The molecule has 2 aliphatic heterocycles. The maximum Gasteiger partial charge on any atom is 0.243 e. The number of hydrogen-bond acceptors (Lipinski definition) is 4. The lowest BCUT2D eigenvalue weighted by Crippen LogP contribution is -2.52. The second-order valence-electron chi connectivity index (χ2n) is 6.63. The molecular formula is C17H22ClN3O4S. The molecule has 142 valence electrons. The molecule has 0 unspecified atom stereocenters. The molecule has 26 heavy (non-hydrogen) atoms. The second kappa shape index (κ2) is 7.94. The molecule has 0 bridgehead atoms. The first-order valence-electron chi connectivity index (χ1n) is 8.72. The van der Waals surface area contributed by atoms with Gasteiger partial charge in [-0.15, -0.1) is 0 Å². The number of sulfonamides is 1. The van der Waals surface area contributed by atoms with Crippen LogP contribution in [0.2, 0.25) is 5.02 Å². The maximum atomic E-state index is 13.3. The Kier molecular flexibility index (Phi) is 5.84. The summed E-state index contributed by atoms with van der Waals surface area (Å²) < 4.78 is 27.8. The molecule has 1 aromatic carbocycles. The fraction of sp³-hybridized carbons (Fsp3) is 0.529. The molecule has 2 amide bonds. The number of amides is 2. The Morgan fingerprint density at radius 1 is 1.12 bits per heavy atom. The van der Waals surface area contributed by atoms with Crippen molar-refractivity contribution in [3.63, 3.8) is 0 Å². The molecule has 7 nitrogen and oxygen atoms in total. The van der Waals surface area contributed by atoms with E-state index in [4.69, 9.17) is 11.6 Å². The van der Waals surface area contributed by atoms with E-state index in [0.29, 0.717) is 30.8 Å². The second-order valence-corrected chi connectivity index (χ2v) is 8.96. The summed E-state index contributed by atoms with van der Waals surface area (Å²) in [4.78, 5) is 24.1. The van der Waals surface area contributed by atoms with Gasteiger partial charge in [-0.1, -0.05) is 11.6 Å². The van der Waals surface area contributed by atoms with E-state index >= 15 is 0 Å². The van der Waals surface area contributed by atoms with E-state index in [1.807, 2.05) is 0 Å². The van der Waals surface area contributed by atoms with Gasteiger partial charge >= 0.3 is 0 Å². The summed E-state index contributed by atoms with van der Waals surface area (Å²) in [5, 5.41) is 6.01. The Morgan fingerprint density at radius 3 is 2.50 bits per heavy atom. The highest BCUT2D eigenvalue weighted by Gasteiger charge is 2.38. The van der Waals surface area contributed by atoms with Gasteiger partial charge in [0.25, 0.3) is 0 Å². The summed E-state index contributed by atoms with van der Waals surface area (Å²) in [6.07, 6.45) is 2.96. The monoisotopic (exact) mass is 399 g/mol. The molecule has 0 saturated carbocycles. The zero-order valence-electron chi connectivity index (χ0n) is 14.3. The maximum absolute atomic E-state index is 13.3. The van der Waals surface area contributed by atoms with Crippen molar-refractivity contribution in [1.82, 2.24) is 14.9 Å². The molecule has 2 N–H and O–H groups in total. The van der Waals surface area contributed by atoms with E-state index in [2.05, 4.69) is 10.6 Å². The normalized spacial score (nSPS) is 24.2. The third-order valence-corrected chi connectivity index (χ3v) is 6.90. The lowest BCUT2D eigenvalue weighted by molar-refractivity contribution is -0.124. The summed E-state index contributed by atoms with van der Waals surface area (Å²) >= 11 is 5.87. The Morgan fingerprint density at radius 2 is 1.85 bits per heavy atom. The third kappa shape index (κ3) is 4.19. The number of carbonyl (C=O) groups excluding carboxylic acids is 2.